The monoisotopic (exact) mass is 379 g/mol. The van der Waals surface area contributed by atoms with Gasteiger partial charge < -0.3 is 14.6 Å². The van der Waals surface area contributed by atoms with Crippen molar-refractivity contribution in [2.24, 2.45) is 0 Å². The van der Waals surface area contributed by atoms with Crippen LogP contribution in [0.4, 0.5) is 5.95 Å². The van der Waals surface area contributed by atoms with Gasteiger partial charge in [-0.2, -0.15) is 0 Å². The van der Waals surface area contributed by atoms with Crippen LogP contribution in [0.3, 0.4) is 0 Å². The van der Waals surface area contributed by atoms with E-state index >= 15 is 0 Å². The van der Waals surface area contributed by atoms with Crippen LogP contribution in [0.2, 0.25) is 0 Å². The van der Waals surface area contributed by atoms with Gasteiger partial charge in [-0.3, -0.25) is 9.69 Å². The lowest BCUT2D eigenvalue weighted by molar-refractivity contribution is 0.0925. The minimum Gasteiger partial charge on any atom is -0.451 e. The number of amides is 1. The van der Waals surface area contributed by atoms with Gasteiger partial charge in [-0.1, -0.05) is 18.2 Å². The number of nitrogens with zero attached hydrogens (tertiary/aromatic N) is 4. The first-order chi connectivity index (χ1) is 13.7. The Morgan fingerprint density at radius 2 is 1.86 bits per heavy atom. The fourth-order valence-electron chi connectivity index (χ4n) is 3.60. The Bertz CT molecular complexity index is 932. The number of fused-ring (bicyclic) bond motifs is 1. The second-order valence-corrected chi connectivity index (χ2v) is 7.04. The van der Waals surface area contributed by atoms with E-state index in [2.05, 4.69) is 25.1 Å². The summed E-state index contributed by atoms with van der Waals surface area (Å²) in [6.07, 6.45) is 4.47. The van der Waals surface area contributed by atoms with Crippen LogP contribution in [0.1, 0.15) is 22.5 Å². The SMILES string of the molecule is Cc1c(C(=O)NCCCN2CCN(c3ncccn3)CC2)oc2ccccc12. The van der Waals surface area contributed by atoms with Crippen LogP contribution < -0.4 is 10.2 Å². The summed E-state index contributed by atoms with van der Waals surface area (Å²) in [5.41, 5.74) is 1.65. The first-order valence-electron chi connectivity index (χ1n) is 9.73. The van der Waals surface area contributed by atoms with Gasteiger partial charge in [0.25, 0.3) is 5.91 Å². The number of carbonyl (C=O) groups excluding carboxylic acids is 1. The first-order valence-corrected chi connectivity index (χ1v) is 9.73. The van der Waals surface area contributed by atoms with Gasteiger partial charge in [0.15, 0.2) is 5.76 Å². The topological polar surface area (TPSA) is 74.5 Å². The average Bonchev–Trinajstić information content (AvgIpc) is 3.09. The summed E-state index contributed by atoms with van der Waals surface area (Å²) in [6.45, 7) is 7.34. The minimum absolute atomic E-state index is 0.139. The highest BCUT2D eigenvalue weighted by Gasteiger charge is 2.19. The molecule has 1 aromatic carbocycles. The van der Waals surface area contributed by atoms with E-state index in [-0.39, 0.29) is 5.91 Å². The zero-order chi connectivity index (χ0) is 19.3. The summed E-state index contributed by atoms with van der Waals surface area (Å²) in [6, 6.07) is 9.57. The number of benzene rings is 1. The lowest BCUT2D eigenvalue weighted by atomic mass is 10.1. The second kappa shape index (κ2) is 8.39. The van der Waals surface area contributed by atoms with E-state index in [1.807, 2.05) is 37.3 Å². The van der Waals surface area contributed by atoms with Gasteiger partial charge in [0.05, 0.1) is 0 Å². The van der Waals surface area contributed by atoms with Crippen molar-refractivity contribution in [3.8, 4) is 0 Å². The Hall–Kier alpha value is -2.93. The van der Waals surface area contributed by atoms with E-state index in [0.717, 1.165) is 61.6 Å². The number of aromatic nitrogens is 2. The molecule has 1 aliphatic heterocycles. The van der Waals surface area contributed by atoms with Crippen LogP contribution in [0, 0.1) is 6.92 Å². The van der Waals surface area contributed by atoms with Crippen LogP contribution in [-0.4, -0.2) is 60.0 Å². The summed E-state index contributed by atoms with van der Waals surface area (Å²) < 4.78 is 5.72. The molecule has 1 amide bonds. The quantitative estimate of drug-likeness (QED) is 0.663. The molecule has 3 aromatic rings. The number of hydrogen-bond donors (Lipinski definition) is 1. The van der Waals surface area contributed by atoms with Gasteiger partial charge in [0.1, 0.15) is 5.58 Å². The molecule has 0 aliphatic carbocycles. The lowest BCUT2D eigenvalue weighted by Gasteiger charge is -2.34. The minimum atomic E-state index is -0.139. The van der Waals surface area contributed by atoms with E-state index in [1.54, 1.807) is 12.4 Å². The highest BCUT2D eigenvalue weighted by atomic mass is 16.3. The number of piperazine rings is 1. The molecule has 2 aromatic heterocycles. The summed E-state index contributed by atoms with van der Waals surface area (Å²) >= 11 is 0. The van der Waals surface area contributed by atoms with Gasteiger partial charge >= 0.3 is 0 Å². The van der Waals surface area contributed by atoms with E-state index in [0.29, 0.717) is 12.3 Å². The fourth-order valence-corrected chi connectivity index (χ4v) is 3.60. The Kier molecular flexibility index (Phi) is 5.53. The third-order valence-corrected chi connectivity index (χ3v) is 5.19. The van der Waals surface area contributed by atoms with E-state index in [4.69, 9.17) is 4.42 Å². The molecular weight excluding hydrogens is 354 g/mol. The number of anilines is 1. The standard InChI is InChI=1S/C21H25N5O2/c1-16-17-6-2-3-7-18(17)28-19(16)20(27)22-10-5-11-25-12-14-26(15-13-25)21-23-8-4-9-24-21/h2-4,6-9H,5,10-15H2,1H3,(H,22,27). The maximum Gasteiger partial charge on any atom is 0.287 e. The predicted octanol–water partition coefficient (Wildman–Crippen LogP) is 2.47. The zero-order valence-electron chi connectivity index (χ0n) is 16.1. The number of carbonyl (C=O) groups is 1. The smallest absolute Gasteiger partial charge is 0.287 e. The summed E-state index contributed by atoms with van der Waals surface area (Å²) in [4.78, 5) is 25.7. The molecular formula is C21H25N5O2. The molecule has 28 heavy (non-hydrogen) atoms. The number of aryl methyl sites for hydroxylation is 1. The molecule has 0 bridgehead atoms. The third kappa shape index (κ3) is 3.99. The van der Waals surface area contributed by atoms with Gasteiger partial charge in [0, 0.05) is 56.1 Å². The summed E-state index contributed by atoms with van der Waals surface area (Å²) in [7, 11) is 0. The van der Waals surface area contributed by atoms with Crippen molar-refractivity contribution in [1.82, 2.24) is 20.2 Å². The van der Waals surface area contributed by atoms with Gasteiger partial charge in [-0.15, -0.1) is 0 Å². The molecule has 0 radical (unpaired) electrons. The molecule has 0 atom stereocenters. The van der Waals surface area contributed by atoms with Gasteiger partial charge in [0.2, 0.25) is 5.95 Å². The van der Waals surface area contributed by atoms with Crippen molar-refractivity contribution in [3.63, 3.8) is 0 Å². The molecule has 0 unspecified atom stereocenters. The molecule has 0 spiro atoms. The van der Waals surface area contributed by atoms with Gasteiger partial charge in [-0.05, 0) is 32.0 Å². The van der Waals surface area contributed by atoms with E-state index < -0.39 is 0 Å². The van der Waals surface area contributed by atoms with Crippen molar-refractivity contribution < 1.29 is 9.21 Å². The fraction of sp³-hybridized carbons (Fsp3) is 0.381. The summed E-state index contributed by atoms with van der Waals surface area (Å²) in [5.74, 6) is 1.08. The number of furan rings is 1. The van der Waals surface area contributed by atoms with Crippen LogP contribution in [0.15, 0.2) is 47.1 Å². The number of hydrogen-bond acceptors (Lipinski definition) is 6. The molecule has 1 aliphatic rings. The van der Waals surface area contributed by atoms with Crippen LogP contribution in [0.5, 0.6) is 0 Å². The highest BCUT2D eigenvalue weighted by Crippen LogP contribution is 2.24. The molecule has 4 rings (SSSR count). The number of rotatable bonds is 6. The molecule has 1 fully saturated rings. The number of nitrogens with one attached hydrogen (secondary N) is 1. The zero-order valence-corrected chi connectivity index (χ0v) is 16.1. The number of para-hydroxylation sites is 1. The molecule has 146 valence electrons. The van der Waals surface area contributed by atoms with Crippen molar-refractivity contribution >= 4 is 22.8 Å². The third-order valence-electron chi connectivity index (χ3n) is 5.19. The molecule has 0 saturated carbocycles. The van der Waals surface area contributed by atoms with Crippen LogP contribution >= 0.6 is 0 Å². The predicted molar refractivity (Wildman–Crippen MR) is 109 cm³/mol. The van der Waals surface area contributed by atoms with E-state index in [9.17, 15) is 4.79 Å². The lowest BCUT2D eigenvalue weighted by Crippen LogP contribution is -2.47. The molecule has 7 nitrogen and oxygen atoms in total. The second-order valence-electron chi connectivity index (χ2n) is 7.04. The Morgan fingerprint density at radius 1 is 1.11 bits per heavy atom. The maximum absolute atomic E-state index is 12.4. The maximum atomic E-state index is 12.4. The van der Waals surface area contributed by atoms with Crippen molar-refractivity contribution in [2.45, 2.75) is 13.3 Å². The average molecular weight is 379 g/mol. The molecule has 1 N–H and O–H groups in total. The Balaban J connectivity index is 1.21. The Morgan fingerprint density at radius 3 is 2.61 bits per heavy atom. The molecule has 3 heterocycles. The molecule has 1 saturated heterocycles. The van der Waals surface area contributed by atoms with Crippen molar-refractivity contribution in [3.05, 3.63) is 54.0 Å². The molecule has 7 heteroatoms. The highest BCUT2D eigenvalue weighted by molar-refractivity contribution is 5.98. The van der Waals surface area contributed by atoms with Crippen LogP contribution in [-0.2, 0) is 0 Å². The summed E-state index contributed by atoms with van der Waals surface area (Å²) in [5, 5.41) is 3.98. The van der Waals surface area contributed by atoms with Crippen molar-refractivity contribution in [2.75, 3.05) is 44.2 Å². The first kappa shape index (κ1) is 18.4. The largest absolute Gasteiger partial charge is 0.451 e. The van der Waals surface area contributed by atoms with Gasteiger partial charge in [-0.25, -0.2) is 9.97 Å². The van der Waals surface area contributed by atoms with Crippen LogP contribution in [0.25, 0.3) is 11.0 Å². The van der Waals surface area contributed by atoms with E-state index in [1.165, 1.54) is 0 Å². The van der Waals surface area contributed by atoms with Crippen molar-refractivity contribution in [1.29, 1.82) is 0 Å². The normalized spacial score (nSPS) is 15.1. The Labute approximate surface area is 164 Å².